The molecule has 2 aromatic heterocycles. The number of rotatable bonds is 8. The fraction of sp³-hybridized carbons (Fsp3) is 0.476. The number of ether oxygens (including phenoxy) is 2. The molecule has 0 N–H and O–H groups in total. The van der Waals surface area contributed by atoms with Gasteiger partial charge in [0, 0.05) is 38.9 Å². The number of benzene rings is 1. The first-order valence-electron chi connectivity index (χ1n) is 10.4. The van der Waals surface area contributed by atoms with Crippen LogP contribution in [0.4, 0.5) is 5.13 Å². The average Bonchev–Trinajstić information content (AvgIpc) is 3.45. The van der Waals surface area contributed by atoms with Crippen molar-refractivity contribution in [3.05, 3.63) is 35.1 Å². The third kappa shape index (κ3) is 5.18. The zero-order valence-corrected chi connectivity index (χ0v) is 20.5. The second kappa shape index (κ2) is 11.3. The van der Waals surface area contributed by atoms with Crippen LogP contribution < -0.4 is 9.64 Å². The summed E-state index contributed by atoms with van der Waals surface area (Å²) in [5.41, 5.74) is 1.22. The van der Waals surface area contributed by atoms with E-state index in [9.17, 15) is 4.79 Å². The van der Waals surface area contributed by atoms with Gasteiger partial charge in [-0.2, -0.15) is 5.10 Å². The lowest BCUT2D eigenvalue weighted by Crippen LogP contribution is -2.39. The third-order valence-electron chi connectivity index (χ3n) is 5.34. The molecule has 11 heteroatoms. The highest BCUT2D eigenvalue weighted by atomic mass is 35.5. The van der Waals surface area contributed by atoms with Crippen molar-refractivity contribution in [1.82, 2.24) is 19.7 Å². The minimum atomic E-state index is -0.115. The number of fused-ring (bicyclic) bond motifs is 1. The molecular formula is C21H27Cl2N5O3S. The Kier molecular flexibility index (Phi) is 8.72. The van der Waals surface area contributed by atoms with Crippen molar-refractivity contribution in [3.8, 4) is 5.75 Å². The van der Waals surface area contributed by atoms with Gasteiger partial charge in [0.05, 0.1) is 30.0 Å². The van der Waals surface area contributed by atoms with E-state index in [4.69, 9.17) is 26.1 Å². The van der Waals surface area contributed by atoms with Gasteiger partial charge in [-0.05, 0) is 31.5 Å². The second-order valence-electron chi connectivity index (χ2n) is 7.22. The molecule has 0 radical (unpaired) electrons. The fourth-order valence-electron chi connectivity index (χ4n) is 3.69. The number of hydrogen-bond donors (Lipinski definition) is 0. The number of aryl methyl sites for hydroxylation is 1. The minimum Gasteiger partial charge on any atom is -0.494 e. The standard InChI is InChI=1S/C21H26ClN5O3S.ClH/c1-3-27-16(7-8-23-27)20(28)26(10-4-9-25-11-13-30-14-12-25)21-24-18-17(29-2)6-5-15(22)19(18)31-21;/h5-8H,3-4,9-14H2,1-2H3;1H. The molecule has 0 unspecified atom stereocenters. The van der Waals surface area contributed by atoms with Crippen LogP contribution in [-0.2, 0) is 11.3 Å². The minimum absolute atomic E-state index is 0. The van der Waals surface area contributed by atoms with E-state index in [2.05, 4.69) is 10.00 Å². The second-order valence-corrected chi connectivity index (χ2v) is 8.61. The number of thiazole rings is 1. The van der Waals surface area contributed by atoms with Gasteiger partial charge in [-0.25, -0.2) is 4.98 Å². The van der Waals surface area contributed by atoms with E-state index in [0.29, 0.717) is 40.2 Å². The predicted octanol–water partition coefficient (Wildman–Crippen LogP) is 3.97. The van der Waals surface area contributed by atoms with Crippen molar-refractivity contribution < 1.29 is 14.3 Å². The van der Waals surface area contributed by atoms with Gasteiger partial charge in [0.25, 0.3) is 5.91 Å². The summed E-state index contributed by atoms with van der Waals surface area (Å²) < 4.78 is 13.4. The molecule has 0 spiro atoms. The molecule has 1 aliphatic rings. The molecule has 3 aromatic rings. The molecule has 1 aliphatic heterocycles. The molecule has 0 atom stereocenters. The van der Waals surface area contributed by atoms with Crippen LogP contribution in [0.15, 0.2) is 24.4 Å². The number of nitrogens with zero attached hydrogens (tertiary/aromatic N) is 5. The van der Waals surface area contributed by atoms with Crippen molar-refractivity contribution in [2.45, 2.75) is 19.9 Å². The number of halogens is 2. The highest BCUT2D eigenvalue weighted by Gasteiger charge is 2.25. The van der Waals surface area contributed by atoms with Crippen molar-refractivity contribution in [3.63, 3.8) is 0 Å². The van der Waals surface area contributed by atoms with Crippen molar-refractivity contribution >= 4 is 56.6 Å². The van der Waals surface area contributed by atoms with Gasteiger partial charge in [0.1, 0.15) is 17.0 Å². The normalized spacial score (nSPS) is 14.3. The number of aromatic nitrogens is 3. The number of morpholine rings is 1. The summed E-state index contributed by atoms with van der Waals surface area (Å²) >= 11 is 7.82. The summed E-state index contributed by atoms with van der Waals surface area (Å²) in [5, 5.41) is 5.46. The summed E-state index contributed by atoms with van der Waals surface area (Å²) in [7, 11) is 1.60. The van der Waals surface area contributed by atoms with Crippen LogP contribution in [0, 0.1) is 0 Å². The van der Waals surface area contributed by atoms with Crippen LogP contribution >= 0.6 is 35.3 Å². The first kappa shape index (κ1) is 24.7. The molecule has 1 fully saturated rings. The predicted molar refractivity (Wildman–Crippen MR) is 130 cm³/mol. The van der Waals surface area contributed by atoms with Gasteiger partial charge < -0.3 is 9.47 Å². The van der Waals surface area contributed by atoms with Crippen LogP contribution in [0.1, 0.15) is 23.8 Å². The first-order valence-corrected chi connectivity index (χ1v) is 11.6. The Labute approximate surface area is 202 Å². The number of carbonyl (C=O) groups is 1. The van der Waals surface area contributed by atoms with Crippen LogP contribution in [0.25, 0.3) is 10.2 Å². The van der Waals surface area contributed by atoms with E-state index in [-0.39, 0.29) is 18.3 Å². The van der Waals surface area contributed by atoms with Crippen LogP contribution in [0.5, 0.6) is 5.75 Å². The van der Waals surface area contributed by atoms with Crippen LogP contribution in [0.3, 0.4) is 0 Å². The first-order chi connectivity index (χ1) is 15.1. The Balaban J connectivity index is 0.00000289. The molecule has 0 aliphatic carbocycles. The van der Waals surface area contributed by atoms with E-state index in [1.54, 1.807) is 41.1 Å². The molecule has 1 aromatic carbocycles. The number of carbonyl (C=O) groups excluding carboxylic acids is 1. The van der Waals surface area contributed by atoms with Crippen molar-refractivity contribution in [1.29, 1.82) is 0 Å². The lowest BCUT2D eigenvalue weighted by molar-refractivity contribution is 0.0376. The number of hydrogen-bond acceptors (Lipinski definition) is 7. The lowest BCUT2D eigenvalue weighted by Gasteiger charge is -2.27. The zero-order chi connectivity index (χ0) is 21.8. The molecule has 1 saturated heterocycles. The SMILES string of the molecule is CCn1nccc1C(=O)N(CCCN1CCOCC1)c1nc2c(OC)ccc(Cl)c2s1.Cl. The fourth-order valence-corrected chi connectivity index (χ4v) is 4.97. The largest absolute Gasteiger partial charge is 0.494 e. The highest BCUT2D eigenvalue weighted by molar-refractivity contribution is 7.23. The maximum Gasteiger partial charge on any atom is 0.278 e. The maximum absolute atomic E-state index is 13.5. The lowest BCUT2D eigenvalue weighted by atomic mass is 10.3. The summed E-state index contributed by atoms with van der Waals surface area (Å²) in [6.45, 7) is 7.39. The Bertz CT molecular complexity index is 1050. The maximum atomic E-state index is 13.5. The smallest absolute Gasteiger partial charge is 0.278 e. The van der Waals surface area contributed by atoms with Crippen LogP contribution in [0.2, 0.25) is 5.02 Å². The third-order valence-corrected chi connectivity index (χ3v) is 6.88. The molecule has 0 saturated carbocycles. The van der Waals surface area contributed by atoms with Gasteiger partial charge in [-0.15, -0.1) is 12.4 Å². The monoisotopic (exact) mass is 499 g/mol. The molecule has 4 rings (SSSR count). The van der Waals surface area contributed by atoms with Gasteiger partial charge in [-0.3, -0.25) is 19.3 Å². The van der Waals surface area contributed by atoms with Crippen molar-refractivity contribution in [2.75, 3.05) is 51.4 Å². The van der Waals surface area contributed by atoms with Gasteiger partial charge in [-0.1, -0.05) is 22.9 Å². The Morgan fingerprint density at radius 1 is 1.31 bits per heavy atom. The van der Waals surface area contributed by atoms with E-state index < -0.39 is 0 Å². The van der Waals surface area contributed by atoms with E-state index in [1.807, 2.05) is 6.92 Å². The molecular weight excluding hydrogens is 473 g/mol. The van der Waals surface area contributed by atoms with Gasteiger partial charge >= 0.3 is 0 Å². The molecule has 3 heterocycles. The topological polar surface area (TPSA) is 72.7 Å². The average molecular weight is 500 g/mol. The molecule has 32 heavy (non-hydrogen) atoms. The summed E-state index contributed by atoms with van der Waals surface area (Å²) in [5.74, 6) is 0.525. The Morgan fingerprint density at radius 2 is 2.09 bits per heavy atom. The van der Waals surface area contributed by atoms with Crippen molar-refractivity contribution in [2.24, 2.45) is 0 Å². The number of amides is 1. The molecule has 8 nitrogen and oxygen atoms in total. The van der Waals surface area contributed by atoms with Gasteiger partial charge in [0.15, 0.2) is 5.13 Å². The number of anilines is 1. The Hall–Kier alpha value is -1.91. The zero-order valence-electron chi connectivity index (χ0n) is 18.1. The van der Waals surface area contributed by atoms with Crippen LogP contribution in [-0.4, -0.2) is 72.1 Å². The van der Waals surface area contributed by atoms with E-state index in [1.165, 1.54) is 11.3 Å². The quantitative estimate of drug-likeness (QED) is 0.466. The summed E-state index contributed by atoms with van der Waals surface area (Å²) in [4.78, 5) is 22.4. The summed E-state index contributed by atoms with van der Waals surface area (Å²) in [6, 6.07) is 5.34. The Morgan fingerprint density at radius 3 is 2.81 bits per heavy atom. The number of methoxy groups -OCH3 is 1. The summed E-state index contributed by atoms with van der Waals surface area (Å²) in [6.07, 6.45) is 2.48. The van der Waals surface area contributed by atoms with E-state index in [0.717, 1.165) is 44.0 Å². The molecule has 0 bridgehead atoms. The van der Waals surface area contributed by atoms with Gasteiger partial charge in [0.2, 0.25) is 0 Å². The molecule has 174 valence electrons. The van der Waals surface area contributed by atoms with E-state index >= 15 is 0 Å². The molecule has 1 amide bonds. The highest BCUT2D eigenvalue weighted by Crippen LogP contribution is 2.39.